The van der Waals surface area contributed by atoms with Crippen LogP contribution in [-0.2, 0) is 4.74 Å². The first-order valence-electron chi connectivity index (χ1n) is 7.37. The standard InChI is InChI=1S/C16H26N2O2/c1-11(2)13-7-8-14(18-17-13)19-12-9-15(3,4)20-16(5,6)10-12/h7-8,11-12H,9-10H2,1-6H3. The van der Waals surface area contributed by atoms with Gasteiger partial charge in [-0.25, -0.2) is 0 Å². The summed E-state index contributed by atoms with van der Waals surface area (Å²) in [6, 6.07) is 3.90. The smallest absolute Gasteiger partial charge is 0.233 e. The minimum absolute atomic E-state index is 0.118. The van der Waals surface area contributed by atoms with Gasteiger partial charge in [-0.2, -0.15) is 5.10 Å². The van der Waals surface area contributed by atoms with Crippen LogP contribution in [0, 0.1) is 0 Å². The Morgan fingerprint density at radius 3 is 2.15 bits per heavy atom. The van der Waals surface area contributed by atoms with E-state index in [1.165, 1.54) is 0 Å². The van der Waals surface area contributed by atoms with Gasteiger partial charge in [-0.3, -0.25) is 0 Å². The minimum atomic E-state index is -0.169. The van der Waals surface area contributed by atoms with Gasteiger partial charge < -0.3 is 9.47 Å². The minimum Gasteiger partial charge on any atom is -0.473 e. The Bertz CT molecular complexity index is 436. The van der Waals surface area contributed by atoms with E-state index < -0.39 is 0 Å². The molecule has 1 aliphatic heterocycles. The molecule has 1 aliphatic rings. The number of aromatic nitrogens is 2. The van der Waals surface area contributed by atoms with Gasteiger partial charge in [-0.1, -0.05) is 13.8 Å². The van der Waals surface area contributed by atoms with Gasteiger partial charge in [0.1, 0.15) is 6.10 Å². The summed E-state index contributed by atoms with van der Waals surface area (Å²) >= 11 is 0. The Labute approximate surface area is 121 Å². The van der Waals surface area contributed by atoms with Gasteiger partial charge in [0.05, 0.1) is 16.9 Å². The third-order valence-corrected chi connectivity index (χ3v) is 3.53. The van der Waals surface area contributed by atoms with Gasteiger partial charge in [0.15, 0.2) is 0 Å². The molecule has 1 saturated heterocycles. The van der Waals surface area contributed by atoms with E-state index in [2.05, 4.69) is 51.7 Å². The number of rotatable bonds is 3. The van der Waals surface area contributed by atoms with E-state index in [0.717, 1.165) is 18.5 Å². The van der Waals surface area contributed by atoms with Crippen molar-refractivity contribution >= 4 is 0 Å². The Morgan fingerprint density at radius 2 is 1.70 bits per heavy atom. The monoisotopic (exact) mass is 278 g/mol. The zero-order valence-corrected chi connectivity index (χ0v) is 13.4. The van der Waals surface area contributed by atoms with Crippen LogP contribution in [-0.4, -0.2) is 27.5 Å². The van der Waals surface area contributed by atoms with Crippen LogP contribution in [0.25, 0.3) is 0 Å². The van der Waals surface area contributed by atoms with E-state index in [1.807, 2.05) is 12.1 Å². The van der Waals surface area contributed by atoms with Crippen LogP contribution < -0.4 is 4.74 Å². The Balaban J connectivity index is 2.05. The van der Waals surface area contributed by atoms with E-state index in [0.29, 0.717) is 11.8 Å². The third kappa shape index (κ3) is 3.92. The van der Waals surface area contributed by atoms with Crippen molar-refractivity contribution in [2.24, 2.45) is 0 Å². The van der Waals surface area contributed by atoms with Crippen molar-refractivity contribution in [3.63, 3.8) is 0 Å². The van der Waals surface area contributed by atoms with Crippen molar-refractivity contribution in [2.75, 3.05) is 0 Å². The van der Waals surface area contributed by atoms with Crippen LogP contribution in [0.2, 0.25) is 0 Å². The molecule has 0 spiro atoms. The Kier molecular flexibility index (Phi) is 4.05. The summed E-state index contributed by atoms with van der Waals surface area (Å²) in [4.78, 5) is 0. The van der Waals surface area contributed by atoms with Gasteiger partial charge in [0.25, 0.3) is 0 Å². The normalized spacial score (nSPS) is 21.9. The zero-order valence-electron chi connectivity index (χ0n) is 13.4. The molecule has 0 aromatic carbocycles. The first-order valence-corrected chi connectivity index (χ1v) is 7.37. The van der Waals surface area contributed by atoms with Gasteiger partial charge in [0.2, 0.25) is 5.88 Å². The highest BCUT2D eigenvalue weighted by atomic mass is 16.5. The molecule has 1 aromatic heterocycles. The highest BCUT2D eigenvalue weighted by Gasteiger charge is 2.40. The summed E-state index contributed by atoms with van der Waals surface area (Å²) in [7, 11) is 0. The van der Waals surface area contributed by atoms with Crippen molar-refractivity contribution in [3.05, 3.63) is 17.8 Å². The van der Waals surface area contributed by atoms with Crippen molar-refractivity contribution in [2.45, 2.75) is 77.6 Å². The second-order valence-electron chi connectivity index (χ2n) is 7.22. The van der Waals surface area contributed by atoms with Crippen LogP contribution in [0.15, 0.2) is 12.1 Å². The fourth-order valence-electron chi connectivity index (χ4n) is 2.96. The summed E-state index contributed by atoms with van der Waals surface area (Å²) in [6.45, 7) is 12.6. The van der Waals surface area contributed by atoms with E-state index in [1.54, 1.807) is 0 Å². The zero-order chi connectivity index (χ0) is 15.0. The summed E-state index contributed by atoms with van der Waals surface area (Å²) < 4.78 is 12.1. The highest BCUT2D eigenvalue weighted by Crippen LogP contribution is 2.36. The average molecular weight is 278 g/mol. The Hall–Kier alpha value is -1.16. The van der Waals surface area contributed by atoms with Crippen LogP contribution in [0.1, 0.15) is 66.0 Å². The number of nitrogens with zero attached hydrogens (tertiary/aromatic N) is 2. The number of hydrogen-bond acceptors (Lipinski definition) is 4. The first-order chi connectivity index (χ1) is 9.17. The molecular weight excluding hydrogens is 252 g/mol. The molecule has 4 heteroatoms. The maximum absolute atomic E-state index is 6.06. The van der Waals surface area contributed by atoms with E-state index in [9.17, 15) is 0 Å². The predicted molar refractivity (Wildman–Crippen MR) is 79.0 cm³/mol. The molecule has 0 atom stereocenters. The quantitative estimate of drug-likeness (QED) is 0.845. The number of hydrogen-bond donors (Lipinski definition) is 0. The summed E-state index contributed by atoms with van der Waals surface area (Å²) in [5.41, 5.74) is 0.653. The van der Waals surface area contributed by atoms with Crippen LogP contribution >= 0.6 is 0 Å². The van der Waals surface area contributed by atoms with Gasteiger partial charge in [0, 0.05) is 18.9 Å². The van der Waals surface area contributed by atoms with E-state index >= 15 is 0 Å². The molecule has 0 amide bonds. The summed E-state index contributed by atoms with van der Waals surface area (Å²) in [5, 5.41) is 8.39. The maximum Gasteiger partial charge on any atom is 0.233 e. The topological polar surface area (TPSA) is 44.2 Å². The van der Waals surface area contributed by atoms with E-state index in [4.69, 9.17) is 9.47 Å². The fourth-order valence-corrected chi connectivity index (χ4v) is 2.96. The average Bonchev–Trinajstić information content (AvgIpc) is 2.25. The maximum atomic E-state index is 6.06. The fraction of sp³-hybridized carbons (Fsp3) is 0.750. The lowest BCUT2D eigenvalue weighted by molar-refractivity contribution is -0.182. The molecule has 0 saturated carbocycles. The molecule has 0 unspecified atom stereocenters. The van der Waals surface area contributed by atoms with Crippen LogP contribution in [0.4, 0.5) is 0 Å². The molecule has 20 heavy (non-hydrogen) atoms. The predicted octanol–water partition coefficient (Wildman–Crippen LogP) is 3.72. The summed E-state index contributed by atoms with van der Waals surface area (Å²) in [6.07, 6.45) is 1.85. The van der Waals surface area contributed by atoms with E-state index in [-0.39, 0.29) is 17.3 Å². The molecule has 112 valence electrons. The number of ether oxygens (including phenoxy) is 2. The lowest BCUT2D eigenvalue weighted by Gasteiger charge is -2.44. The molecule has 0 N–H and O–H groups in total. The van der Waals surface area contributed by atoms with Gasteiger partial charge in [-0.15, -0.1) is 5.10 Å². The highest BCUT2D eigenvalue weighted by molar-refractivity contribution is 5.14. The lowest BCUT2D eigenvalue weighted by atomic mass is 9.87. The Morgan fingerprint density at radius 1 is 1.10 bits per heavy atom. The molecule has 4 nitrogen and oxygen atoms in total. The molecule has 1 fully saturated rings. The van der Waals surface area contributed by atoms with Crippen molar-refractivity contribution < 1.29 is 9.47 Å². The first kappa shape index (κ1) is 15.2. The van der Waals surface area contributed by atoms with Crippen LogP contribution in [0.5, 0.6) is 5.88 Å². The molecule has 2 rings (SSSR count). The van der Waals surface area contributed by atoms with Gasteiger partial charge >= 0.3 is 0 Å². The molecule has 1 aromatic rings. The molecule has 0 bridgehead atoms. The second kappa shape index (κ2) is 5.32. The van der Waals surface area contributed by atoms with Gasteiger partial charge in [-0.05, 0) is 39.7 Å². The molecule has 0 radical (unpaired) electrons. The largest absolute Gasteiger partial charge is 0.473 e. The van der Waals surface area contributed by atoms with Crippen molar-refractivity contribution in [1.29, 1.82) is 0 Å². The molecule has 0 aliphatic carbocycles. The second-order valence-corrected chi connectivity index (χ2v) is 7.22. The van der Waals surface area contributed by atoms with Crippen molar-refractivity contribution in [3.8, 4) is 5.88 Å². The van der Waals surface area contributed by atoms with Crippen LogP contribution in [0.3, 0.4) is 0 Å². The molecule has 2 heterocycles. The van der Waals surface area contributed by atoms with Crippen molar-refractivity contribution in [1.82, 2.24) is 10.2 Å². The third-order valence-electron chi connectivity index (χ3n) is 3.53. The SMILES string of the molecule is CC(C)c1ccc(OC2CC(C)(C)OC(C)(C)C2)nn1. The lowest BCUT2D eigenvalue weighted by Crippen LogP contribution is -2.49. The summed E-state index contributed by atoms with van der Waals surface area (Å²) in [5.74, 6) is 0.991. The molecular formula is C16H26N2O2.